The van der Waals surface area contributed by atoms with Crippen LogP contribution in [0.1, 0.15) is 21.5 Å². The van der Waals surface area contributed by atoms with Gasteiger partial charge in [-0.15, -0.1) is 0 Å². The normalized spacial score (nSPS) is 11.7. The van der Waals surface area contributed by atoms with Crippen LogP contribution in [0.15, 0.2) is 47.6 Å². The number of hydrazone groups is 1. The molecule has 2 N–H and O–H groups in total. The summed E-state index contributed by atoms with van der Waals surface area (Å²) in [4.78, 5) is 11.8. The molecule has 0 unspecified atom stereocenters. The molecular weight excluding hydrogens is 424 g/mol. The number of halogens is 4. The number of alkyl halides is 3. The second-order valence-corrected chi connectivity index (χ2v) is 5.65. The Bertz CT molecular complexity index is 761. The van der Waals surface area contributed by atoms with Gasteiger partial charge in [0.1, 0.15) is 5.75 Å². The largest absolute Gasteiger partial charge is 0.507 e. The highest BCUT2D eigenvalue weighted by molar-refractivity contribution is 14.1. The minimum atomic E-state index is -4.51. The zero-order valence-electron chi connectivity index (χ0n) is 11.4. The number of phenolic OH excluding ortho intramolecular Hbond substituents is 1. The molecule has 2 aromatic carbocycles. The Morgan fingerprint density at radius 2 is 1.96 bits per heavy atom. The predicted molar refractivity (Wildman–Crippen MR) is 87.3 cm³/mol. The van der Waals surface area contributed by atoms with Gasteiger partial charge >= 0.3 is 6.18 Å². The van der Waals surface area contributed by atoms with Crippen LogP contribution in [0, 0.1) is 3.57 Å². The van der Waals surface area contributed by atoms with Crippen molar-refractivity contribution in [2.75, 3.05) is 0 Å². The Morgan fingerprint density at radius 1 is 1.22 bits per heavy atom. The quantitative estimate of drug-likeness (QED) is 0.439. The first-order valence-electron chi connectivity index (χ1n) is 6.26. The molecular formula is C15H10F3IN2O2. The number of carbonyl (C=O) groups excluding carboxylic acids is 1. The van der Waals surface area contributed by atoms with Crippen LogP contribution in [0.25, 0.3) is 0 Å². The number of rotatable bonds is 3. The molecule has 8 heteroatoms. The molecule has 0 radical (unpaired) electrons. The van der Waals surface area contributed by atoms with E-state index in [-0.39, 0.29) is 11.3 Å². The number of phenols is 1. The van der Waals surface area contributed by atoms with Gasteiger partial charge in [-0.25, -0.2) is 5.43 Å². The molecule has 0 aliphatic carbocycles. The number of hydrogen-bond acceptors (Lipinski definition) is 3. The summed E-state index contributed by atoms with van der Waals surface area (Å²) in [7, 11) is 0. The van der Waals surface area contributed by atoms with E-state index in [9.17, 15) is 23.1 Å². The average molecular weight is 434 g/mol. The van der Waals surface area contributed by atoms with Crippen LogP contribution in [0.4, 0.5) is 13.2 Å². The van der Waals surface area contributed by atoms with Gasteiger partial charge in [0.2, 0.25) is 0 Å². The standard InChI is InChI=1S/C15H10F3IN2O2/c16-15(17,18)11-3-1-2-10(7-11)14(23)21-20-8-9-4-5-13(22)12(19)6-9/h1-8,22H,(H,21,23)/b20-8-. The molecule has 2 rings (SSSR count). The highest BCUT2D eigenvalue weighted by atomic mass is 127. The lowest BCUT2D eigenvalue weighted by Crippen LogP contribution is -2.18. The SMILES string of the molecule is O=C(N/N=C\c1ccc(O)c(I)c1)c1cccc(C(F)(F)F)c1. The number of nitrogens with zero attached hydrogens (tertiary/aromatic N) is 1. The van der Waals surface area contributed by atoms with Gasteiger partial charge in [0.15, 0.2) is 0 Å². The molecule has 0 aromatic heterocycles. The van der Waals surface area contributed by atoms with Crippen LogP contribution < -0.4 is 5.43 Å². The summed E-state index contributed by atoms with van der Waals surface area (Å²) in [5.41, 5.74) is 1.74. The Morgan fingerprint density at radius 3 is 2.61 bits per heavy atom. The molecule has 0 aliphatic rings. The molecule has 1 amide bonds. The summed E-state index contributed by atoms with van der Waals surface area (Å²) < 4.78 is 38.4. The fourth-order valence-corrected chi connectivity index (χ4v) is 2.21. The zero-order chi connectivity index (χ0) is 17.0. The maximum atomic E-state index is 12.6. The molecule has 0 spiro atoms. The van der Waals surface area contributed by atoms with Gasteiger partial charge in [-0.2, -0.15) is 18.3 Å². The van der Waals surface area contributed by atoms with E-state index in [2.05, 4.69) is 10.5 Å². The third-order valence-corrected chi connectivity index (χ3v) is 3.67. The fraction of sp³-hybridized carbons (Fsp3) is 0.0667. The zero-order valence-corrected chi connectivity index (χ0v) is 13.6. The van der Waals surface area contributed by atoms with E-state index >= 15 is 0 Å². The molecule has 4 nitrogen and oxygen atoms in total. The van der Waals surface area contributed by atoms with Crippen LogP contribution in [0.5, 0.6) is 5.75 Å². The lowest BCUT2D eigenvalue weighted by molar-refractivity contribution is -0.137. The van der Waals surface area contributed by atoms with Crippen molar-refractivity contribution in [3.05, 3.63) is 62.7 Å². The van der Waals surface area contributed by atoms with E-state index in [0.29, 0.717) is 9.13 Å². The van der Waals surface area contributed by atoms with Gasteiger partial charge < -0.3 is 5.11 Å². The Kier molecular flexibility index (Phi) is 5.24. The highest BCUT2D eigenvalue weighted by Gasteiger charge is 2.30. The monoisotopic (exact) mass is 434 g/mol. The topological polar surface area (TPSA) is 61.7 Å². The third kappa shape index (κ3) is 4.68. The Labute approximate surface area is 143 Å². The van der Waals surface area contributed by atoms with Crippen LogP contribution in [-0.2, 0) is 6.18 Å². The Hall–Kier alpha value is -2.10. The van der Waals surface area contributed by atoms with Crippen LogP contribution in [0.3, 0.4) is 0 Å². The van der Waals surface area contributed by atoms with Crippen molar-refractivity contribution in [1.82, 2.24) is 5.43 Å². The maximum absolute atomic E-state index is 12.6. The molecule has 0 bridgehead atoms. The van der Waals surface area contributed by atoms with Gasteiger partial charge in [0.25, 0.3) is 5.91 Å². The van der Waals surface area contributed by atoms with Crippen molar-refractivity contribution in [3.8, 4) is 5.75 Å². The average Bonchev–Trinajstić information content (AvgIpc) is 2.50. The second kappa shape index (κ2) is 6.99. The first-order valence-corrected chi connectivity index (χ1v) is 7.34. The summed E-state index contributed by atoms with van der Waals surface area (Å²) in [6, 6.07) is 8.76. The maximum Gasteiger partial charge on any atom is 0.416 e. The lowest BCUT2D eigenvalue weighted by Gasteiger charge is -2.07. The molecule has 2 aromatic rings. The molecule has 0 heterocycles. The summed E-state index contributed by atoms with van der Waals surface area (Å²) in [5, 5.41) is 13.1. The van der Waals surface area contributed by atoms with Crippen molar-refractivity contribution < 1.29 is 23.1 Å². The van der Waals surface area contributed by atoms with E-state index in [1.54, 1.807) is 12.1 Å². The van der Waals surface area contributed by atoms with Crippen molar-refractivity contribution in [1.29, 1.82) is 0 Å². The predicted octanol–water partition coefficient (Wildman–Crippen LogP) is 3.78. The van der Waals surface area contributed by atoms with Gasteiger partial charge in [0, 0.05) is 5.56 Å². The van der Waals surface area contributed by atoms with E-state index in [0.717, 1.165) is 18.2 Å². The minimum absolute atomic E-state index is 0.121. The molecule has 0 aliphatic heterocycles. The van der Waals surface area contributed by atoms with Gasteiger partial charge in [-0.1, -0.05) is 6.07 Å². The molecule has 0 fully saturated rings. The van der Waals surface area contributed by atoms with Crippen molar-refractivity contribution in [2.45, 2.75) is 6.18 Å². The van der Waals surface area contributed by atoms with Crippen molar-refractivity contribution >= 4 is 34.7 Å². The second-order valence-electron chi connectivity index (χ2n) is 4.49. The number of carbonyl (C=O) groups is 1. The first-order chi connectivity index (χ1) is 10.8. The van der Waals surface area contributed by atoms with Crippen LogP contribution >= 0.6 is 22.6 Å². The van der Waals surface area contributed by atoms with E-state index in [1.165, 1.54) is 18.3 Å². The number of hydrogen-bond donors (Lipinski definition) is 2. The first kappa shape index (κ1) is 17.3. The fourth-order valence-electron chi connectivity index (χ4n) is 1.67. The molecule has 120 valence electrons. The molecule has 0 atom stereocenters. The van der Waals surface area contributed by atoms with Crippen molar-refractivity contribution in [3.63, 3.8) is 0 Å². The number of nitrogens with one attached hydrogen (secondary N) is 1. The van der Waals surface area contributed by atoms with E-state index < -0.39 is 17.6 Å². The summed E-state index contributed by atoms with van der Waals surface area (Å²) in [5.74, 6) is -0.628. The number of aromatic hydroxyl groups is 1. The smallest absolute Gasteiger partial charge is 0.416 e. The minimum Gasteiger partial charge on any atom is -0.507 e. The van der Waals surface area contributed by atoms with Gasteiger partial charge in [-0.05, 0) is 64.6 Å². The third-order valence-electron chi connectivity index (χ3n) is 2.80. The molecule has 0 saturated carbocycles. The Balaban J connectivity index is 2.07. The van der Waals surface area contributed by atoms with Gasteiger partial charge in [0.05, 0.1) is 15.3 Å². The number of benzene rings is 2. The number of amides is 1. The summed E-state index contributed by atoms with van der Waals surface area (Å²) in [6.07, 6.45) is -3.19. The van der Waals surface area contributed by atoms with Crippen molar-refractivity contribution in [2.24, 2.45) is 5.10 Å². The van der Waals surface area contributed by atoms with Crippen LogP contribution in [0.2, 0.25) is 0 Å². The van der Waals surface area contributed by atoms with E-state index in [1.807, 2.05) is 22.6 Å². The van der Waals surface area contributed by atoms with Gasteiger partial charge in [-0.3, -0.25) is 4.79 Å². The molecule has 0 saturated heterocycles. The van der Waals surface area contributed by atoms with Crippen LogP contribution in [-0.4, -0.2) is 17.2 Å². The highest BCUT2D eigenvalue weighted by Crippen LogP contribution is 2.29. The summed E-state index contributed by atoms with van der Waals surface area (Å²) in [6.45, 7) is 0. The summed E-state index contributed by atoms with van der Waals surface area (Å²) >= 11 is 1.93. The lowest BCUT2D eigenvalue weighted by atomic mass is 10.1. The van der Waals surface area contributed by atoms with E-state index in [4.69, 9.17) is 0 Å². The molecule has 23 heavy (non-hydrogen) atoms.